The number of hydrogen-bond donors (Lipinski definition) is 2. The predicted octanol–water partition coefficient (Wildman–Crippen LogP) is 3.25. The molecule has 1 atom stereocenters. The Balaban J connectivity index is 1.55. The lowest BCUT2D eigenvalue weighted by molar-refractivity contribution is 0.339. The lowest BCUT2D eigenvalue weighted by Crippen LogP contribution is -2.14. The molecule has 0 bridgehead atoms. The third-order valence-electron chi connectivity index (χ3n) is 4.84. The van der Waals surface area contributed by atoms with Gasteiger partial charge in [0.15, 0.2) is 0 Å². The summed E-state index contributed by atoms with van der Waals surface area (Å²) < 4.78 is 34.0. The van der Waals surface area contributed by atoms with E-state index in [1.807, 2.05) is 48.5 Å². The predicted molar refractivity (Wildman–Crippen MR) is 115 cm³/mol. The lowest BCUT2D eigenvalue weighted by atomic mass is 10.1. The molecule has 0 aliphatic carbocycles. The van der Waals surface area contributed by atoms with Gasteiger partial charge in [0.25, 0.3) is 0 Å². The molecule has 3 aromatic rings. The van der Waals surface area contributed by atoms with E-state index in [0.29, 0.717) is 13.2 Å². The number of ether oxygens (including phenoxy) is 2. The molecule has 0 fully saturated rings. The van der Waals surface area contributed by atoms with E-state index in [1.54, 1.807) is 7.11 Å². The first-order valence-corrected chi connectivity index (χ1v) is 11.4. The Hall–Kier alpha value is -3.00. The Morgan fingerprint density at radius 3 is 2.79 bits per heavy atom. The Morgan fingerprint density at radius 2 is 2.00 bits per heavy atom. The molecule has 1 aliphatic heterocycles. The summed E-state index contributed by atoms with van der Waals surface area (Å²) in [7, 11) is -1.36. The van der Waals surface area contributed by atoms with Gasteiger partial charge in [-0.2, -0.15) is 0 Å². The highest BCUT2D eigenvalue weighted by molar-refractivity contribution is 7.90. The average Bonchev–Trinajstić information content (AvgIpc) is 3.10. The van der Waals surface area contributed by atoms with E-state index in [-0.39, 0.29) is 11.8 Å². The number of nitrogens with zero attached hydrogens (tertiary/aromatic N) is 1. The second-order valence-electron chi connectivity index (χ2n) is 7.01. The average molecular weight is 413 g/mol. The van der Waals surface area contributed by atoms with E-state index in [2.05, 4.69) is 10.6 Å². The minimum Gasteiger partial charge on any atom is -0.496 e. The summed E-state index contributed by atoms with van der Waals surface area (Å²) in [5.74, 6) is 2.42. The monoisotopic (exact) mass is 413 g/mol. The van der Waals surface area contributed by atoms with Gasteiger partial charge in [-0.15, -0.1) is 0 Å². The van der Waals surface area contributed by atoms with Gasteiger partial charge in [-0.3, -0.25) is 0 Å². The number of nitrogens with one attached hydrogen (secondary N) is 2. The minimum atomic E-state index is -3.01. The van der Waals surface area contributed by atoms with Crippen molar-refractivity contribution in [2.75, 3.05) is 42.9 Å². The van der Waals surface area contributed by atoms with Crippen LogP contribution >= 0.6 is 0 Å². The normalized spacial score (nSPS) is 15.6. The molecule has 0 spiro atoms. The highest BCUT2D eigenvalue weighted by atomic mass is 32.2. The van der Waals surface area contributed by atoms with Crippen molar-refractivity contribution in [2.24, 2.45) is 0 Å². The van der Waals surface area contributed by atoms with Gasteiger partial charge in [-0.25, -0.2) is 13.4 Å². The molecule has 0 saturated heterocycles. The summed E-state index contributed by atoms with van der Waals surface area (Å²) in [5.41, 5.74) is 2.67. The molecule has 2 aromatic carbocycles. The van der Waals surface area contributed by atoms with Gasteiger partial charge in [0.05, 0.1) is 30.0 Å². The summed E-state index contributed by atoms with van der Waals surface area (Å²) in [6.45, 7) is 0.858. The Morgan fingerprint density at radius 1 is 1.17 bits per heavy atom. The number of rotatable bonds is 7. The van der Waals surface area contributed by atoms with E-state index in [0.717, 1.165) is 39.5 Å². The summed E-state index contributed by atoms with van der Waals surface area (Å²) >= 11 is 0. The van der Waals surface area contributed by atoms with Crippen molar-refractivity contribution in [3.63, 3.8) is 0 Å². The molecular formula is C21H23N3O4S. The maximum Gasteiger partial charge on any atom is 0.149 e. The molecule has 7 nitrogen and oxygen atoms in total. The SMILES string of the molecule is COc1cccc2c1C(Nc1ccc3c(NCCS(C)(=O)=O)cccc3n1)CO2. The smallest absolute Gasteiger partial charge is 0.149 e. The van der Waals surface area contributed by atoms with Crippen molar-refractivity contribution >= 4 is 32.2 Å². The Bertz CT molecular complexity index is 1150. The quantitative estimate of drug-likeness (QED) is 0.615. The molecule has 29 heavy (non-hydrogen) atoms. The maximum atomic E-state index is 11.3. The fraction of sp³-hybridized carbons (Fsp3) is 0.286. The highest BCUT2D eigenvalue weighted by Gasteiger charge is 2.28. The molecule has 4 rings (SSSR count). The van der Waals surface area contributed by atoms with Crippen LogP contribution in [0.5, 0.6) is 11.5 Å². The fourth-order valence-corrected chi connectivity index (χ4v) is 3.95. The largest absolute Gasteiger partial charge is 0.496 e. The number of methoxy groups -OCH3 is 1. The Labute approximate surface area is 170 Å². The molecule has 0 saturated carbocycles. The van der Waals surface area contributed by atoms with Gasteiger partial charge in [0.2, 0.25) is 0 Å². The first-order valence-electron chi connectivity index (χ1n) is 9.32. The second-order valence-corrected chi connectivity index (χ2v) is 9.27. The van der Waals surface area contributed by atoms with Gasteiger partial charge >= 0.3 is 0 Å². The number of hydrogen-bond acceptors (Lipinski definition) is 7. The van der Waals surface area contributed by atoms with Gasteiger partial charge in [-0.05, 0) is 36.4 Å². The summed E-state index contributed by atoms with van der Waals surface area (Å²) in [4.78, 5) is 4.72. The van der Waals surface area contributed by atoms with Crippen molar-refractivity contribution in [1.29, 1.82) is 0 Å². The molecule has 1 unspecified atom stereocenters. The van der Waals surface area contributed by atoms with Crippen LogP contribution in [0.3, 0.4) is 0 Å². The zero-order valence-electron chi connectivity index (χ0n) is 16.3. The molecule has 2 N–H and O–H groups in total. The third-order valence-corrected chi connectivity index (χ3v) is 5.79. The van der Waals surface area contributed by atoms with Crippen LogP contribution in [0.1, 0.15) is 11.6 Å². The molecule has 0 amide bonds. The van der Waals surface area contributed by atoms with E-state index in [1.165, 1.54) is 6.26 Å². The molecule has 1 aromatic heterocycles. The first kappa shape index (κ1) is 19.3. The van der Waals surface area contributed by atoms with E-state index < -0.39 is 9.84 Å². The number of pyridine rings is 1. The maximum absolute atomic E-state index is 11.3. The molecule has 8 heteroatoms. The van der Waals surface area contributed by atoms with E-state index in [9.17, 15) is 8.42 Å². The van der Waals surface area contributed by atoms with Crippen LogP contribution in [0.25, 0.3) is 10.9 Å². The zero-order chi connectivity index (χ0) is 20.4. The standard InChI is InChI=1S/C21H23N3O4S/c1-27-18-7-4-8-19-21(18)17(13-28-19)24-20-10-9-14-15(5-3-6-16(14)23-20)22-11-12-29(2,25)26/h3-10,17,22H,11-13H2,1-2H3,(H,23,24). The summed E-state index contributed by atoms with van der Waals surface area (Å²) in [5, 5.41) is 7.56. The second kappa shape index (κ2) is 7.79. The summed E-state index contributed by atoms with van der Waals surface area (Å²) in [6.07, 6.45) is 1.23. The van der Waals surface area contributed by atoms with Crippen LogP contribution in [-0.2, 0) is 9.84 Å². The zero-order valence-corrected chi connectivity index (χ0v) is 17.1. The van der Waals surface area contributed by atoms with Crippen molar-refractivity contribution < 1.29 is 17.9 Å². The Kier molecular flexibility index (Phi) is 5.19. The van der Waals surface area contributed by atoms with E-state index >= 15 is 0 Å². The first-order chi connectivity index (χ1) is 13.9. The van der Waals surface area contributed by atoms with E-state index in [4.69, 9.17) is 14.5 Å². The number of sulfone groups is 1. The minimum absolute atomic E-state index is 0.0535. The van der Waals surface area contributed by atoms with Crippen LogP contribution in [0.4, 0.5) is 11.5 Å². The number of aromatic nitrogens is 1. The number of benzene rings is 2. The summed E-state index contributed by atoms with van der Waals surface area (Å²) in [6, 6.07) is 15.4. The molecule has 152 valence electrons. The van der Waals surface area contributed by atoms with Gasteiger partial charge < -0.3 is 20.1 Å². The van der Waals surface area contributed by atoms with Crippen LogP contribution in [0, 0.1) is 0 Å². The third kappa shape index (κ3) is 4.22. The van der Waals surface area contributed by atoms with Crippen molar-refractivity contribution in [2.45, 2.75) is 6.04 Å². The molecule has 1 aliphatic rings. The van der Waals surface area contributed by atoms with Crippen molar-refractivity contribution in [1.82, 2.24) is 4.98 Å². The fourth-order valence-electron chi connectivity index (χ4n) is 3.48. The molecular weight excluding hydrogens is 390 g/mol. The topological polar surface area (TPSA) is 89.6 Å². The number of fused-ring (bicyclic) bond motifs is 2. The number of anilines is 2. The van der Waals surface area contributed by atoms with Crippen molar-refractivity contribution in [3.05, 3.63) is 54.1 Å². The van der Waals surface area contributed by atoms with Gasteiger partial charge in [0.1, 0.15) is 33.8 Å². The van der Waals surface area contributed by atoms with Crippen molar-refractivity contribution in [3.8, 4) is 11.5 Å². The lowest BCUT2D eigenvalue weighted by Gasteiger charge is -2.16. The molecule has 2 heterocycles. The van der Waals surface area contributed by atoms with Gasteiger partial charge in [-0.1, -0.05) is 12.1 Å². The highest BCUT2D eigenvalue weighted by Crippen LogP contribution is 2.40. The van der Waals surface area contributed by atoms with Crippen LogP contribution in [0.2, 0.25) is 0 Å². The van der Waals surface area contributed by atoms with Crippen LogP contribution in [0.15, 0.2) is 48.5 Å². The van der Waals surface area contributed by atoms with Crippen LogP contribution in [-0.4, -0.2) is 45.7 Å². The van der Waals surface area contributed by atoms with Crippen LogP contribution < -0.4 is 20.1 Å². The molecule has 0 radical (unpaired) electrons. The van der Waals surface area contributed by atoms with Gasteiger partial charge in [0, 0.05) is 23.9 Å².